The van der Waals surface area contributed by atoms with Gasteiger partial charge >= 0.3 is 6.09 Å². The van der Waals surface area contributed by atoms with Crippen LogP contribution in [0.4, 0.5) is 4.79 Å². The van der Waals surface area contributed by atoms with Crippen LogP contribution >= 0.6 is 0 Å². The predicted octanol–water partition coefficient (Wildman–Crippen LogP) is 1.48. The van der Waals surface area contributed by atoms with Crippen LogP contribution in [0.2, 0.25) is 0 Å². The summed E-state index contributed by atoms with van der Waals surface area (Å²) in [6.07, 6.45) is 8.33. The van der Waals surface area contributed by atoms with E-state index in [9.17, 15) is 19.2 Å². The largest absolute Gasteiger partial charge is 0.465 e. The molecule has 4 amide bonds. The first-order chi connectivity index (χ1) is 24.9. The highest BCUT2D eigenvalue weighted by atomic mass is 16.6. The molecule has 2 atom stereocenters. The molecule has 2 rings (SSSR count). The Kier molecular flexibility index (Phi) is 25.9. The molecule has 0 bridgehead atoms. The molecule has 0 heterocycles. The van der Waals surface area contributed by atoms with E-state index in [0.29, 0.717) is 39.6 Å². The zero-order valence-electron chi connectivity index (χ0n) is 30.0. The number of carbonyl (C=O) groups excluding carboxylic acids is 3. The van der Waals surface area contributed by atoms with Crippen molar-refractivity contribution in [3.05, 3.63) is 0 Å². The molecule has 288 valence electrons. The van der Waals surface area contributed by atoms with Crippen molar-refractivity contribution in [2.45, 2.75) is 82.8 Å². The molecule has 0 aromatic carbocycles. The topological polar surface area (TPSA) is 183 Å². The lowest BCUT2D eigenvalue weighted by Gasteiger charge is -2.23. The number of carboxylic acid groups (broad SMARTS) is 1. The lowest BCUT2D eigenvalue weighted by Crippen LogP contribution is -2.44. The van der Waals surface area contributed by atoms with Gasteiger partial charge < -0.3 is 54.4 Å². The molecule has 0 spiro atoms. The Labute approximate surface area is 302 Å². The maximum atomic E-state index is 13.1. The second kappa shape index (κ2) is 30.2. The van der Waals surface area contributed by atoms with Crippen molar-refractivity contribution in [1.29, 1.82) is 0 Å². The van der Waals surface area contributed by atoms with Crippen LogP contribution in [0.3, 0.4) is 0 Å². The fourth-order valence-electron chi connectivity index (χ4n) is 4.99. The summed E-state index contributed by atoms with van der Waals surface area (Å²) in [5.41, 5.74) is 0. The van der Waals surface area contributed by atoms with Crippen LogP contribution in [0.25, 0.3) is 0 Å². The summed E-state index contributed by atoms with van der Waals surface area (Å²) in [6.45, 7) is 3.55. The Morgan fingerprint density at radius 2 is 1.06 bits per heavy atom. The van der Waals surface area contributed by atoms with E-state index >= 15 is 0 Å². The first kappa shape index (κ1) is 43.7. The third kappa shape index (κ3) is 25.2. The van der Waals surface area contributed by atoms with Gasteiger partial charge in [0.2, 0.25) is 17.7 Å². The Morgan fingerprint density at radius 3 is 1.55 bits per heavy atom. The zero-order chi connectivity index (χ0) is 36.6. The number of rotatable bonds is 27. The van der Waals surface area contributed by atoms with Gasteiger partial charge in [-0.15, -0.1) is 11.8 Å². The number of amides is 4. The molecule has 15 heteroatoms. The summed E-state index contributed by atoms with van der Waals surface area (Å²) < 4.78 is 33.1. The first-order valence-corrected chi connectivity index (χ1v) is 18.2. The molecule has 0 saturated heterocycles. The molecular formula is C36H58N4O11. The molecule has 2 aliphatic carbocycles. The molecule has 0 aromatic heterocycles. The minimum atomic E-state index is -1.09. The second-order valence-electron chi connectivity index (χ2n) is 12.0. The van der Waals surface area contributed by atoms with Gasteiger partial charge in [-0.05, 0) is 38.5 Å². The van der Waals surface area contributed by atoms with Crippen molar-refractivity contribution in [2.75, 3.05) is 98.8 Å². The summed E-state index contributed by atoms with van der Waals surface area (Å²) in [5.74, 6) is 11.7. The first-order valence-electron chi connectivity index (χ1n) is 18.2. The van der Waals surface area contributed by atoms with Crippen LogP contribution in [0, 0.1) is 23.7 Å². The highest BCUT2D eigenvalue weighted by Gasteiger charge is 2.16. The molecule has 4 N–H and O–H groups in total. The zero-order valence-corrected chi connectivity index (χ0v) is 30.0. The molecule has 2 unspecified atom stereocenters. The van der Waals surface area contributed by atoms with E-state index in [1.165, 1.54) is 0 Å². The highest BCUT2D eigenvalue weighted by Crippen LogP contribution is 2.11. The smallest absolute Gasteiger partial charge is 0.404 e. The van der Waals surface area contributed by atoms with Crippen LogP contribution in [-0.2, 0) is 42.8 Å². The van der Waals surface area contributed by atoms with E-state index in [2.05, 4.69) is 39.6 Å². The van der Waals surface area contributed by atoms with Crippen molar-refractivity contribution in [3.63, 3.8) is 0 Å². The van der Waals surface area contributed by atoms with Crippen molar-refractivity contribution in [2.24, 2.45) is 0 Å². The standard InChI is InChI=1S/C36H58N4O11/c41-33(29-50-31-11-7-3-1-4-8-12-31)37-16-19-40(20-17-38-34(42)30-51-32-13-9-5-2-6-10-14-32)35(43)15-21-46-23-25-48-27-28-49-26-24-47-22-18-39-36(44)45/h31-32,39H,1-7,9,11,13,15-30H2,(H,37,41)(H,38,42)(H,44,45). The van der Waals surface area contributed by atoms with E-state index in [-0.39, 0.29) is 95.5 Å². The van der Waals surface area contributed by atoms with E-state index in [1.54, 1.807) is 4.90 Å². The fraction of sp³-hybridized carbons (Fsp3) is 0.778. The van der Waals surface area contributed by atoms with Gasteiger partial charge in [0.25, 0.3) is 0 Å². The molecule has 15 nitrogen and oxygen atoms in total. The third-order valence-corrected chi connectivity index (χ3v) is 7.75. The average Bonchev–Trinajstić information content (AvgIpc) is 3.08. The third-order valence-electron chi connectivity index (χ3n) is 7.75. The predicted molar refractivity (Wildman–Crippen MR) is 188 cm³/mol. The van der Waals surface area contributed by atoms with E-state index in [0.717, 1.165) is 64.2 Å². The van der Waals surface area contributed by atoms with Crippen molar-refractivity contribution in [3.8, 4) is 23.7 Å². The van der Waals surface area contributed by atoms with Gasteiger partial charge in [0.1, 0.15) is 25.4 Å². The van der Waals surface area contributed by atoms with Gasteiger partial charge in [-0.3, -0.25) is 14.4 Å². The van der Waals surface area contributed by atoms with Crippen molar-refractivity contribution in [1.82, 2.24) is 20.9 Å². The molecule has 0 aliphatic heterocycles. The van der Waals surface area contributed by atoms with Gasteiger partial charge in [-0.2, -0.15) is 0 Å². The number of hydrogen-bond donors (Lipinski definition) is 4. The van der Waals surface area contributed by atoms with Crippen LogP contribution in [0.15, 0.2) is 0 Å². The monoisotopic (exact) mass is 722 g/mol. The van der Waals surface area contributed by atoms with Gasteiger partial charge in [0, 0.05) is 45.6 Å². The summed E-state index contributed by atoms with van der Waals surface area (Å²) in [4.78, 5) is 49.9. The minimum Gasteiger partial charge on any atom is -0.465 e. The normalized spacial score (nSPS) is 17.2. The van der Waals surface area contributed by atoms with Crippen molar-refractivity contribution >= 4 is 23.8 Å². The van der Waals surface area contributed by atoms with Gasteiger partial charge in [-0.25, -0.2) is 4.79 Å². The van der Waals surface area contributed by atoms with Gasteiger partial charge in [0.15, 0.2) is 0 Å². The lowest BCUT2D eigenvalue weighted by molar-refractivity contribution is -0.134. The van der Waals surface area contributed by atoms with Gasteiger partial charge in [0.05, 0.1) is 59.3 Å². The number of hydrogen-bond acceptors (Lipinski definition) is 10. The Morgan fingerprint density at radius 1 is 0.588 bits per heavy atom. The van der Waals surface area contributed by atoms with Gasteiger partial charge in [-0.1, -0.05) is 24.7 Å². The van der Waals surface area contributed by atoms with Crippen LogP contribution in [0.1, 0.15) is 70.6 Å². The molecule has 0 radical (unpaired) electrons. The molecule has 0 saturated carbocycles. The second-order valence-corrected chi connectivity index (χ2v) is 12.0. The Hall–Kier alpha value is -3.44. The molecule has 2 aliphatic rings. The van der Waals surface area contributed by atoms with E-state index in [1.807, 2.05) is 0 Å². The van der Waals surface area contributed by atoms with Crippen LogP contribution < -0.4 is 16.0 Å². The van der Waals surface area contributed by atoms with Crippen LogP contribution in [0.5, 0.6) is 0 Å². The van der Waals surface area contributed by atoms with E-state index in [4.69, 9.17) is 33.5 Å². The summed E-state index contributed by atoms with van der Waals surface area (Å²) >= 11 is 0. The quantitative estimate of drug-likeness (QED) is 0.0712. The number of ether oxygens (including phenoxy) is 6. The molecular weight excluding hydrogens is 664 g/mol. The minimum absolute atomic E-state index is 0.0979. The average molecular weight is 723 g/mol. The fourth-order valence-corrected chi connectivity index (χ4v) is 4.99. The number of nitrogens with zero attached hydrogens (tertiary/aromatic N) is 1. The van der Waals surface area contributed by atoms with Crippen LogP contribution in [-0.4, -0.2) is 145 Å². The Balaban J connectivity index is 1.65. The SMILES string of the molecule is O=C(O)NCCOCCOCCOCCOCCC(=O)N(CCNC(=O)COC1C#CCCCCC1)CCNC(=O)COC1C#CCCCCC1. The number of nitrogens with one attached hydrogen (secondary N) is 3. The lowest BCUT2D eigenvalue weighted by atomic mass is 10.1. The maximum absolute atomic E-state index is 13.1. The Bertz CT molecular complexity index is 1060. The maximum Gasteiger partial charge on any atom is 0.404 e. The number of carbonyl (C=O) groups is 4. The summed E-state index contributed by atoms with van der Waals surface area (Å²) in [5, 5.41) is 16.3. The van der Waals surface area contributed by atoms with Crippen molar-refractivity contribution < 1.29 is 52.7 Å². The highest BCUT2D eigenvalue weighted by molar-refractivity contribution is 5.78. The van der Waals surface area contributed by atoms with E-state index < -0.39 is 6.09 Å². The summed E-state index contributed by atoms with van der Waals surface area (Å²) in [6, 6.07) is 0. The molecule has 51 heavy (non-hydrogen) atoms. The molecule has 0 aromatic rings. The molecule has 0 fully saturated rings. The summed E-state index contributed by atoms with van der Waals surface area (Å²) in [7, 11) is 0.